The second-order valence-corrected chi connectivity index (χ2v) is 5.34. The third-order valence-corrected chi connectivity index (χ3v) is 3.32. The van der Waals surface area contributed by atoms with Gasteiger partial charge in [-0.15, -0.1) is 11.3 Å². The van der Waals surface area contributed by atoms with Gasteiger partial charge in [-0.2, -0.15) is 5.10 Å². The first kappa shape index (κ1) is 9.24. The maximum atomic E-state index is 5.74. The summed E-state index contributed by atoms with van der Waals surface area (Å²) in [5.74, 6) is 0. The predicted octanol–water partition coefficient (Wildman–Crippen LogP) is 3.41. The summed E-state index contributed by atoms with van der Waals surface area (Å²) in [4.78, 5) is 0. The Labute approximate surface area is 93.3 Å². The van der Waals surface area contributed by atoms with Gasteiger partial charge in [-0.3, -0.25) is 4.68 Å². The number of thiophene rings is 1. The fraction of sp³-hybridized carbons (Fsp3) is 0.125. The van der Waals surface area contributed by atoms with Crippen LogP contribution in [-0.2, 0) is 6.54 Å². The lowest BCUT2D eigenvalue weighted by molar-refractivity contribution is 0.688. The van der Waals surface area contributed by atoms with Gasteiger partial charge in [0.25, 0.3) is 0 Å². The molecule has 0 amide bonds. The van der Waals surface area contributed by atoms with Crippen molar-refractivity contribution in [2.45, 2.75) is 6.54 Å². The molecule has 68 valence electrons. The van der Waals surface area contributed by atoms with Gasteiger partial charge in [0.2, 0.25) is 0 Å². The molecule has 0 atom stereocenters. The van der Waals surface area contributed by atoms with Crippen LogP contribution in [0.5, 0.6) is 0 Å². The van der Waals surface area contributed by atoms with E-state index in [0.29, 0.717) is 5.02 Å². The number of nitrogens with zero attached hydrogens (tertiary/aromatic N) is 2. The monoisotopic (exact) mass is 276 g/mol. The standard InChI is InChI=1S/C8H6BrClN2S/c9-8-1-6(5-13-8)3-12-4-7(10)2-11-12/h1-2,4-5H,3H2. The second kappa shape index (κ2) is 3.82. The van der Waals surface area contributed by atoms with Crippen LogP contribution < -0.4 is 0 Å². The normalized spacial score (nSPS) is 10.6. The number of hydrogen-bond acceptors (Lipinski definition) is 2. The van der Waals surface area contributed by atoms with Gasteiger partial charge in [0.15, 0.2) is 0 Å². The van der Waals surface area contributed by atoms with E-state index in [0.717, 1.165) is 10.3 Å². The lowest BCUT2D eigenvalue weighted by Gasteiger charge is -1.96. The smallest absolute Gasteiger partial charge is 0.0785 e. The van der Waals surface area contributed by atoms with Gasteiger partial charge in [-0.1, -0.05) is 11.6 Å². The molecule has 2 rings (SSSR count). The number of hydrogen-bond donors (Lipinski definition) is 0. The van der Waals surface area contributed by atoms with Gasteiger partial charge in [-0.05, 0) is 32.9 Å². The highest BCUT2D eigenvalue weighted by molar-refractivity contribution is 9.11. The van der Waals surface area contributed by atoms with E-state index in [-0.39, 0.29) is 0 Å². The summed E-state index contributed by atoms with van der Waals surface area (Å²) < 4.78 is 2.96. The first-order chi connectivity index (χ1) is 6.24. The Morgan fingerprint density at radius 2 is 2.46 bits per heavy atom. The van der Waals surface area contributed by atoms with Gasteiger partial charge in [0.05, 0.1) is 21.6 Å². The minimum atomic E-state index is 0.675. The summed E-state index contributed by atoms with van der Waals surface area (Å²) in [7, 11) is 0. The van der Waals surface area contributed by atoms with E-state index in [1.165, 1.54) is 5.56 Å². The molecule has 0 saturated carbocycles. The van der Waals surface area contributed by atoms with Crippen molar-refractivity contribution in [3.63, 3.8) is 0 Å². The summed E-state index contributed by atoms with van der Waals surface area (Å²) in [6.07, 6.45) is 3.45. The molecule has 0 fully saturated rings. The summed E-state index contributed by atoms with van der Waals surface area (Å²) in [6.45, 7) is 0.773. The van der Waals surface area contributed by atoms with Crippen molar-refractivity contribution >= 4 is 38.9 Å². The predicted molar refractivity (Wildman–Crippen MR) is 58.4 cm³/mol. The Morgan fingerprint density at radius 1 is 1.62 bits per heavy atom. The first-order valence-electron chi connectivity index (χ1n) is 3.65. The number of halogens is 2. The molecule has 5 heteroatoms. The van der Waals surface area contributed by atoms with Crippen molar-refractivity contribution in [2.24, 2.45) is 0 Å². The van der Waals surface area contributed by atoms with Crippen LogP contribution in [0.1, 0.15) is 5.56 Å². The zero-order chi connectivity index (χ0) is 9.26. The molecular formula is C8H6BrClN2S. The summed E-state index contributed by atoms with van der Waals surface area (Å²) in [5.41, 5.74) is 1.23. The zero-order valence-electron chi connectivity index (χ0n) is 6.58. The van der Waals surface area contributed by atoms with Crippen LogP contribution in [0.2, 0.25) is 5.02 Å². The number of rotatable bonds is 2. The van der Waals surface area contributed by atoms with Gasteiger partial charge < -0.3 is 0 Å². The third-order valence-electron chi connectivity index (χ3n) is 1.57. The van der Waals surface area contributed by atoms with E-state index >= 15 is 0 Å². The molecule has 2 aromatic heterocycles. The lowest BCUT2D eigenvalue weighted by Crippen LogP contribution is -1.97. The fourth-order valence-electron chi connectivity index (χ4n) is 1.04. The largest absolute Gasteiger partial charge is 0.267 e. The Morgan fingerprint density at radius 3 is 3.00 bits per heavy atom. The molecule has 2 aromatic rings. The highest BCUT2D eigenvalue weighted by Crippen LogP contribution is 2.21. The van der Waals surface area contributed by atoms with E-state index in [1.54, 1.807) is 17.5 Å². The van der Waals surface area contributed by atoms with Crippen molar-refractivity contribution in [1.82, 2.24) is 9.78 Å². The SMILES string of the molecule is Clc1cnn(Cc2csc(Br)c2)c1. The van der Waals surface area contributed by atoms with Crippen LogP contribution in [0.25, 0.3) is 0 Å². The molecule has 2 nitrogen and oxygen atoms in total. The van der Waals surface area contributed by atoms with Crippen molar-refractivity contribution in [1.29, 1.82) is 0 Å². The van der Waals surface area contributed by atoms with Crippen LogP contribution >= 0.6 is 38.9 Å². The molecule has 0 radical (unpaired) electrons. The molecular weight excluding hydrogens is 272 g/mol. The Bertz CT molecular complexity index is 371. The average Bonchev–Trinajstić information content (AvgIpc) is 2.62. The molecule has 0 aromatic carbocycles. The zero-order valence-corrected chi connectivity index (χ0v) is 9.73. The topological polar surface area (TPSA) is 17.8 Å². The number of aromatic nitrogens is 2. The van der Waals surface area contributed by atoms with E-state index in [4.69, 9.17) is 11.6 Å². The maximum Gasteiger partial charge on any atom is 0.0785 e. The Balaban J connectivity index is 2.14. The Hall–Kier alpha value is -0.320. The highest BCUT2D eigenvalue weighted by atomic mass is 79.9. The lowest BCUT2D eigenvalue weighted by atomic mass is 10.3. The van der Waals surface area contributed by atoms with Crippen LogP contribution in [0.3, 0.4) is 0 Å². The molecule has 0 N–H and O–H groups in total. The second-order valence-electron chi connectivity index (χ2n) is 2.62. The van der Waals surface area contributed by atoms with Crippen molar-refractivity contribution < 1.29 is 0 Å². The maximum absolute atomic E-state index is 5.74. The highest BCUT2D eigenvalue weighted by Gasteiger charge is 1.99. The molecule has 0 aliphatic rings. The van der Waals surface area contributed by atoms with Crippen molar-refractivity contribution in [2.75, 3.05) is 0 Å². The third kappa shape index (κ3) is 2.33. The molecule has 0 bridgehead atoms. The van der Waals surface area contributed by atoms with E-state index < -0.39 is 0 Å². The van der Waals surface area contributed by atoms with Crippen LogP contribution in [-0.4, -0.2) is 9.78 Å². The minimum absolute atomic E-state index is 0.675. The van der Waals surface area contributed by atoms with Gasteiger partial charge in [0, 0.05) is 6.20 Å². The van der Waals surface area contributed by atoms with Crippen molar-refractivity contribution in [3.8, 4) is 0 Å². The van der Waals surface area contributed by atoms with Crippen molar-refractivity contribution in [3.05, 3.63) is 38.2 Å². The minimum Gasteiger partial charge on any atom is -0.267 e. The molecule has 2 heterocycles. The van der Waals surface area contributed by atoms with Gasteiger partial charge in [0.1, 0.15) is 0 Å². The van der Waals surface area contributed by atoms with Crippen LogP contribution in [0.15, 0.2) is 27.6 Å². The average molecular weight is 278 g/mol. The molecule has 0 spiro atoms. The summed E-state index contributed by atoms with van der Waals surface area (Å²) >= 11 is 10.8. The van der Waals surface area contributed by atoms with E-state index in [2.05, 4.69) is 32.5 Å². The Kier molecular flexibility index (Phi) is 2.71. The first-order valence-corrected chi connectivity index (χ1v) is 5.70. The van der Waals surface area contributed by atoms with Gasteiger partial charge >= 0.3 is 0 Å². The summed E-state index contributed by atoms with van der Waals surface area (Å²) in [5, 5.41) is 6.87. The summed E-state index contributed by atoms with van der Waals surface area (Å²) in [6, 6.07) is 2.08. The van der Waals surface area contributed by atoms with E-state index in [1.807, 2.05) is 10.9 Å². The van der Waals surface area contributed by atoms with E-state index in [9.17, 15) is 0 Å². The molecule has 13 heavy (non-hydrogen) atoms. The quantitative estimate of drug-likeness (QED) is 0.822. The fourth-order valence-corrected chi connectivity index (χ4v) is 2.40. The van der Waals surface area contributed by atoms with Gasteiger partial charge in [-0.25, -0.2) is 0 Å². The molecule has 0 aliphatic heterocycles. The van der Waals surface area contributed by atoms with Crippen LogP contribution in [0, 0.1) is 0 Å². The van der Waals surface area contributed by atoms with Crippen LogP contribution in [0.4, 0.5) is 0 Å². The molecule has 0 aliphatic carbocycles. The molecule has 0 saturated heterocycles. The molecule has 0 unspecified atom stereocenters.